The maximum Gasteiger partial charge on any atom is 0.140 e. The number of Topliss-reactive ketones (excluding diaryl/α,β-unsaturated/α-hetero) is 1. The first-order valence-electron chi connectivity index (χ1n) is 4.70. The van der Waals surface area contributed by atoms with E-state index in [1.165, 1.54) is 0 Å². The topological polar surface area (TPSA) is 17.1 Å². The molecule has 3 heteroatoms. The van der Waals surface area contributed by atoms with Crippen LogP contribution in [-0.4, -0.2) is 15.9 Å². The Balaban J connectivity index is 2.49. The number of ketones is 1. The summed E-state index contributed by atoms with van der Waals surface area (Å²) in [6.07, 6.45) is 1.95. The fourth-order valence-corrected chi connectivity index (χ4v) is 5.28. The fraction of sp³-hybridized carbons (Fsp3) is 0.900. The lowest BCUT2D eigenvalue weighted by molar-refractivity contribution is -0.127. The summed E-state index contributed by atoms with van der Waals surface area (Å²) in [5.74, 6) is 1.03. The van der Waals surface area contributed by atoms with E-state index in [9.17, 15) is 4.79 Å². The molecular formula is C10H14Br2O. The largest absolute Gasteiger partial charge is 0.299 e. The molecule has 0 saturated heterocycles. The number of rotatable bonds is 1. The summed E-state index contributed by atoms with van der Waals surface area (Å²) in [6, 6.07) is 0. The molecule has 2 rings (SSSR count). The van der Waals surface area contributed by atoms with Crippen LogP contribution in [0.3, 0.4) is 0 Å². The van der Waals surface area contributed by atoms with Crippen molar-refractivity contribution in [3.05, 3.63) is 0 Å². The summed E-state index contributed by atoms with van der Waals surface area (Å²) >= 11 is 7.24. The van der Waals surface area contributed by atoms with E-state index in [-0.39, 0.29) is 10.8 Å². The van der Waals surface area contributed by atoms with E-state index < -0.39 is 0 Å². The van der Waals surface area contributed by atoms with E-state index in [2.05, 4.69) is 45.7 Å². The summed E-state index contributed by atoms with van der Waals surface area (Å²) in [6.45, 7) is 4.38. The number of halogens is 2. The van der Waals surface area contributed by atoms with Gasteiger partial charge in [0.15, 0.2) is 0 Å². The maximum atomic E-state index is 11.9. The van der Waals surface area contributed by atoms with Gasteiger partial charge >= 0.3 is 0 Å². The molecule has 0 aliphatic heterocycles. The third-order valence-corrected chi connectivity index (χ3v) is 6.95. The minimum atomic E-state index is -0.138. The van der Waals surface area contributed by atoms with E-state index in [1.54, 1.807) is 0 Å². The van der Waals surface area contributed by atoms with Crippen molar-refractivity contribution in [1.82, 2.24) is 0 Å². The SMILES string of the molecule is C[C@]1(CBr)[C@H]2CC(=O)[C@@]1(C)[C@@H](Br)C2. The number of carbonyl (C=O) groups excluding carboxylic acids is 1. The second-order valence-electron chi connectivity index (χ2n) is 4.78. The first-order valence-corrected chi connectivity index (χ1v) is 6.74. The highest BCUT2D eigenvalue weighted by Gasteiger charge is 2.67. The predicted molar refractivity (Wildman–Crippen MR) is 60.5 cm³/mol. The van der Waals surface area contributed by atoms with Crippen molar-refractivity contribution in [3.8, 4) is 0 Å². The zero-order valence-electron chi connectivity index (χ0n) is 7.94. The minimum absolute atomic E-state index is 0.138. The van der Waals surface area contributed by atoms with Crippen LogP contribution >= 0.6 is 31.9 Å². The van der Waals surface area contributed by atoms with Gasteiger partial charge in [-0.2, -0.15) is 0 Å². The van der Waals surface area contributed by atoms with Crippen molar-refractivity contribution in [2.45, 2.75) is 31.5 Å². The monoisotopic (exact) mass is 308 g/mol. The third kappa shape index (κ3) is 0.956. The molecule has 2 aliphatic carbocycles. The Labute approximate surface area is 95.9 Å². The molecule has 2 saturated carbocycles. The van der Waals surface area contributed by atoms with Crippen LogP contribution in [0.2, 0.25) is 0 Å². The number of fused-ring (bicyclic) bond motifs is 2. The third-order valence-electron chi connectivity index (χ3n) is 4.49. The molecule has 0 aromatic carbocycles. The van der Waals surface area contributed by atoms with E-state index in [4.69, 9.17) is 0 Å². The van der Waals surface area contributed by atoms with Gasteiger partial charge < -0.3 is 0 Å². The van der Waals surface area contributed by atoms with Crippen LogP contribution in [0.1, 0.15) is 26.7 Å². The zero-order chi connectivity index (χ0) is 9.85. The van der Waals surface area contributed by atoms with Crippen LogP contribution < -0.4 is 0 Å². The summed E-state index contributed by atoms with van der Waals surface area (Å²) in [5, 5.41) is 0.939. The molecule has 0 unspecified atom stereocenters. The fourth-order valence-electron chi connectivity index (χ4n) is 3.01. The summed E-state index contributed by atoms with van der Waals surface area (Å²) < 4.78 is 0. The van der Waals surface area contributed by atoms with Crippen LogP contribution in [0.5, 0.6) is 0 Å². The Kier molecular flexibility index (Phi) is 2.20. The Bertz CT molecular complexity index is 266. The molecule has 13 heavy (non-hydrogen) atoms. The van der Waals surface area contributed by atoms with Gasteiger partial charge in [-0.3, -0.25) is 4.79 Å². The highest BCUT2D eigenvalue weighted by Crippen LogP contribution is 2.66. The molecule has 0 N–H and O–H groups in total. The van der Waals surface area contributed by atoms with Crippen LogP contribution in [0, 0.1) is 16.7 Å². The maximum absolute atomic E-state index is 11.9. The Morgan fingerprint density at radius 1 is 1.54 bits per heavy atom. The van der Waals surface area contributed by atoms with Crippen LogP contribution in [0.15, 0.2) is 0 Å². The number of carbonyl (C=O) groups is 1. The molecular weight excluding hydrogens is 296 g/mol. The molecule has 0 heterocycles. The Morgan fingerprint density at radius 2 is 2.15 bits per heavy atom. The van der Waals surface area contributed by atoms with E-state index >= 15 is 0 Å². The second-order valence-corrected chi connectivity index (χ2v) is 6.45. The lowest BCUT2D eigenvalue weighted by Crippen LogP contribution is -2.41. The molecule has 2 fully saturated rings. The molecule has 0 aromatic heterocycles. The van der Waals surface area contributed by atoms with Gasteiger partial charge in [-0.05, 0) is 17.8 Å². The van der Waals surface area contributed by atoms with Gasteiger partial charge in [-0.25, -0.2) is 0 Å². The first-order chi connectivity index (χ1) is 5.96. The number of hydrogen-bond donors (Lipinski definition) is 0. The lowest BCUT2D eigenvalue weighted by Gasteiger charge is -2.36. The molecule has 1 nitrogen and oxygen atoms in total. The molecule has 0 radical (unpaired) electrons. The smallest absolute Gasteiger partial charge is 0.140 e. The van der Waals surface area contributed by atoms with Gasteiger partial charge in [0.05, 0.1) is 0 Å². The average Bonchev–Trinajstić information content (AvgIpc) is 2.38. The van der Waals surface area contributed by atoms with Crippen molar-refractivity contribution in [1.29, 1.82) is 0 Å². The van der Waals surface area contributed by atoms with Crippen molar-refractivity contribution in [2.24, 2.45) is 16.7 Å². The van der Waals surface area contributed by atoms with Crippen molar-refractivity contribution in [3.63, 3.8) is 0 Å². The molecule has 0 amide bonds. The normalized spacial score (nSPS) is 54.6. The van der Waals surface area contributed by atoms with Gasteiger partial charge in [-0.15, -0.1) is 0 Å². The zero-order valence-corrected chi connectivity index (χ0v) is 11.1. The van der Waals surface area contributed by atoms with Crippen molar-refractivity contribution >= 4 is 37.6 Å². The van der Waals surface area contributed by atoms with Crippen molar-refractivity contribution in [2.75, 3.05) is 5.33 Å². The lowest BCUT2D eigenvalue weighted by atomic mass is 9.70. The Hall–Kier alpha value is 0.630. The number of hydrogen-bond acceptors (Lipinski definition) is 1. The number of alkyl halides is 2. The predicted octanol–water partition coefficient (Wildman–Crippen LogP) is 3.15. The Morgan fingerprint density at radius 3 is 2.46 bits per heavy atom. The minimum Gasteiger partial charge on any atom is -0.299 e. The molecule has 2 aliphatic rings. The summed E-state index contributed by atoms with van der Waals surface area (Å²) in [7, 11) is 0. The highest BCUT2D eigenvalue weighted by molar-refractivity contribution is 9.09. The van der Waals surface area contributed by atoms with Gasteiger partial charge in [-0.1, -0.05) is 45.7 Å². The van der Waals surface area contributed by atoms with Crippen molar-refractivity contribution < 1.29 is 4.79 Å². The van der Waals surface area contributed by atoms with Crippen LogP contribution in [0.4, 0.5) is 0 Å². The molecule has 74 valence electrons. The van der Waals surface area contributed by atoms with Crippen LogP contribution in [0.25, 0.3) is 0 Å². The van der Waals surface area contributed by atoms with Gasteiger partial charge in [0.25, 0.3) is 0 Å². The quantitative estimate of drug-likeness (QED) is 0.680. The molecule has 0 aromatic rings. The molecule has 2 bridgehead atoms. The second kappa shape index (κ2) is 2.82. The first kappa shape index (κ1) is 10.2. The van der Waals surface area contributed by atoms with E-state index in [0.717, 1.165) is 18.2 Å². The average molecular weight is 310 g/mol. The summed E-state index contributed by atoms with van der Waals surface area (Å²) in [4.78, 5) is 12.3. The molecule has 0 spiro atoms. The van der Waals surface area contributed by atoms with Gasteiger partial charge in [0.1, 0.15) is 5.78 Å². The van der Waals surface area contributed by atoms with E-state index in [1.807, 2.05) is 0 Å². The van der Waals surface area contributed by atoms with Gasteiger partial charge in [0, 0.05) is 22.0 Å². The van der Waals surface area contributed by atoms with Crippen LogP contribution in [-0.2, 0) is 4.79 Å². The van der Waals surface area contributed by atoms with E-state index in [0.29, 0.717) is 16.5 Å². The summed E-state index contributed by atoms with van der Waals surface area (Å²) in [5.41, 5.74) is 0.0272. The standard InChI is InChI=1S/C10H14Br2O/c1-9(5-11)6-3-7(12)10(9,2)8(13)4-6/h6-7H,3-5H2,1-2H3/t6-,7+,9+,10-/m1/s1. The molecule has 4 atom stereocenters. The van der Waals surface area contributed by atoms with Gasteiger partial charge in [0.2, 0.25) is 0 Å². The highest BCUT2D eigenvalue weighted by atomic mass is 79.9.